The molecule has 3 unspecified atom stereocenters. The average Bonchev–Trinajstić information content (AvgIpc) is 3.00. The maximum absolute atomic E-state index is 13.5. The SMILES string of the molecule is CCCC1CC(=O)C2=C(C1)N=C(C)C(C#N)C2c1cc(Br)c(OCc2cccc(OCc3ccccn3)c2)c(OCC)c1. The molecule has 222 valence electrons. The van der Waals surface area contributed by atoms with Crippen molar-refractivity contribution in [2.75, 3.05) is 6.61 Å². The van der Waals surface area contributed by atoms with Gasteiger partial charge in [-0.2, -0.15) is 5.26 Å². The first-order valence-electron chi connectivity index (χ1n) is 14.8. The number of hydrogen-bond donors (Lipinski definition) is 0. The van der Waals surface area contributed by atoms with Crippen LogP contribution in [0.4, 0.5) is 0 Å². The van der Waals surface area contributed by atoms with Gasteiger partial charge in [0.05, 0.1) is 28.8 Å². The molecule has 1 aromatic heterocycles. The zero-order valence-electron chi connectivity index (χ0n) is 24.8. The van der Waals surface area contributed by atoms with E-state index in [1.807, 2.05) is 68.4 Å². The number of rotatable bonds is 11. The van der Waals surface area contributed by atoms with Crippen molar-refractivity contribution in [3.8, 4) is 23.3 Å². The quantitative estimate of drug-likeness (QED) is 0.210. The molecule has 0 N–H and O–H groups in total. The molecule has 3 aromatic rings. The molecular formula is C35H36BrN3O4. The highest BCUT2D eigenvalue weighted by molar-refractivity contribution is 9.10. The van der Waals surface area contributed by atoms with Crippen LogP contribution in [0.3, 0.4) is 0 Å². The van der Waals surface area contributed by atoms with Gasteiger partial charge in [0.2, 0.25) is 0 Å². The van der Waals surface area contributed by atoms with Crippen LogP contribution in [0.1, 0.15) is 69.2 Å². The largest absolute Gasteiger partial charge is 0.490 e. The molecule has 2 heterocycles. The van der Waals surface area contributed by atoms with E-state index < -0.39 is 11.8 Å². The van der Waals surface area contributed by atoms with Gasteiger partial charge in [0.1, 0.15) is 19.0 Å². The van der Waals surface area contributed by atoms with Crippen molar-refractivity contribution < 1.29 is 19.0 Å². The number of nitriles is 1. The summed E-state index contributed by atoms with van der Waals surface area (Å²) in [4.78, 5) is 22.6. The van der Waals surface area contributed by atoms with Crippen molar-refractivity contribution in [1.29, 1.82) is 5.26 Å². The molecular weight excluding hydrogens is 606 g/mol. The lowest BCUT2D eigenvalue weighted by Gasteiger charge is -2.35. The lowest BCUT2D eigenvalue weighted by atomic mass is 9.70. The van der Waals surface area contributed by atoms with Crippen LogP contribution in [0.25, 0.3) is 0 Å². The van der Waals surface area contributed by atoms with Gasteiger partial charge in [-0.3, -0.25) is 14.8 Å². The minimum absolute atomic E-state index is 0.0979. The van der Waals surface area contributed by atoms with E-state index in [1.54, 1.807) is 6.20 Å². The van der Waals surface area contributed by atoms with Crippen molar-refractivity contribution in [2.45, 2.75) is 65.6 Å². The first-order chi connectivity index (χ1) is 20.9. The van der Waals surface area contributed by atoms with Crippen LogP contribution in [-0.2, 0) is 18.0 Å². The Bertz CT molecular complexity index is 1580. The van der Waals surface area contributed by atoms with Gasteiger partial charge in [-0.15, -0.1) is 0 Å². The summed E-state index contributed by atoms with van der Waals surface area (Å²) >= 11 is 3.71. The molecule has 2 aliphatic rings. The molecule has 43 heavy (non-hydrogen) atoms. The third kappa shape index (κ3) is 7.00. The standard InChI is InChI=1S/C35H36BrN3O4/c1-4-9-23-15-30-34(31(40)16-23)33(28(19-37)22(3)39-30)25-17-29(36)35(32(18-25)41-5-2)43-20-24-10-8-12-27(14-24)42-21-26-11-6-7-13-38-26/h6-8,10-14,17-18,23,28,33H,4-5,9,15-16,20-21H2,1-3H3. The minimum Gasteiger partial charge on any atom is -0.490 e. The Morgan fingerprint density at radius 3 is 2.63 bits per heavy atom. The molecule has 1 aliphatic heterocycles. The molecule has 8 heteroatoms. The number of carbonyl (C=O) groups excluding carboxylic acids is 1. The van der Waals surface area contributed by atoms with Crippen LogP contribution in [0.5, 0.6) is 17.2 Å². The smallest absolute Gasteiger partial charge is 0.175 e. The normalized spacial score (nSPS) is 19.7. The summed E-state index contributed by atoms with van der Waals surface area (Å²) in [6.45, 7) is 7.05. The first-order valence-corrected chi connectivity index (χ1v) is 15.6. The summed E-state index contributed by atoms with van der Waals surface area (Å²) in [5.41, 5.74) is 4.88. The fourth-order valence-corrected chi connectivity index (χ4v) is 6.54. The van der Waals surface area contributed by atoms with Crippen molar-refractivity contribution in [3.63, 3.8) is 0 Å². The summed E-state index contributed by atoms with van der Waals surface area (Å²) in [7, 11) is 0. The topological polar surface area (TPSA) is 93.8 Å². The summed E-state index contributed by atoms with van der Waals surface area (Å²) in [6.07, 6.45) is 5.04. The van der Waals surface area contributed by atoms with Crippen LogP contribution in [-0.4, -0.2) is 23.1 Å². The van der Waals surface area contributed by atoms with Gasteiger partial charge in [0.25, 0.3) is 0 Å². The Kier molecular flexibility index (Phi) is 9.93. The lowest BCUT2D eigenvalue weighted by molar-refractivity contribution is -0.117. The number of pyridine rings is 1. The summed E-state index contributed by atoms with van der Waals surface area (Å²) < 4.78 is 19.0. The summed E-state index contributed by atoms with van der Waals surface area (Å²) in [6, 6.07) is 19.8. The number of carbonyl (C=O) groups is 1. The monoisotopic (exact) mass is 641 g/mol. The maximum Gasteiger partial charge on any atom is 0.175 e. The summed E-state index contributed by atoms with van der Waals surface area (Å²) in [5.74, 6) is 1.30. The fourth-order valence-electron chi connectivity index (χ4n) is 5.97. The molecule has 1 aliphatic carbocycles. The Labute approximate surface area is 261 Å². The van der Waals surface area contributed by atoms with Crippen molar-refractivity contribution in [1.82, 2.24) is 4.98 Å². The molecule has 2 aromatic carbocycles. The number of halogens is 1. The molecule has 0 saturated carbocycles. The van der Waals surface area contributed by atoms with Gasteiger partial charge < -0.3 is 14.2 Å². The number of benzene rings is 2. The number of allylic oxidation sites excluding steroid dienone is 2. The van der Waals surface area contributed by atoms with Crippen LogP contribution < -0.4 is 14.2 Å². The van der Waals surface area contributed by atoms with E-state index >= 15 is 0 Å². The van der Waals surface area contributed by atoms with E-state index in [0.29, 0.717) is 53.7 Å². The Morgan fingerprint density at radius 1 is 1.02 bits per heavy atom. The molecule has 0 radical (unpaired) electrons. The lowest BCUT2D eigenvalue weighted by Crippen LogP contribution is -2.32. The molecule has 3 atom stereocenters. The molecule has 7 nitrogen and oxygen atoms in total. The third-order valence-electron chi connectivity index (χ3n) is 7.89. The van der Waals surface area contributed by atoms with E-state index in [-0.39, 0.29) is 5.78 Å². The first kappa shape index (κ1) is 30.5. The second-order valence-electron chi connectivity index (χ2n) is 11.0. The van der Waals surface area contributed by atoms with Gasteiger partial charge in [0.15, 0.2) is 17.3 Å². The van der Waals surface area contributed by atoms with Gasteiger partial charge in [0, 0.05) is 35.5 Å². The molecule has 0 saturated heterocycles. The number of ether oxygens (including phenoxy) is 3. The van der Waals surface area contributed by atoms with Crippen LogP contribution in [0, 0.1) is 23.2 Å². The number of ketones is 1. The van der Waals surface area contributed by atoms with Crippen molar-refractivity contribution in [3.05, 3.63) is 93.4 Å². The van der Waals surface area contributed by atoms with Crippen molar-refractivity contribution in [2.24, 2.45) is 16.8 Å². The molecule has 0 bridgehead atoms. The molecule has 0 spiro atoms. The predicted molar refractivity (Wildman–Crippen MR) is 169 cm³/mol. The Morgan fingerprint density at radius 2 is 1.88 bits per heavy atom. The highest BCUT2D eigenvalue weighted by Crippen LogP contribution is 2.48. The van der Waals surface area contributed by atoms with Gasteiger partial charge in [-0.05, 0) is 96.1 Å². The zero-order valence-corrected chi connectivity index (χ0v) is 26.4. The Hall–Kier alpha value is -3.96. The Balaban J connectivity index is 1.40. The molecule has 5 rings (SSSR count). The highest BCUT2D eigenvalue weighted by Gasteiger charge is 2.41. The third-order valence-corrected chi connectivity index (χ3v) is 8.48. The second kappa shape index (κ2) is 14.0. The minimum atomic E-state index is -0.535. The molecule has 0 amide bonds. The van der Waals surface area contributed by atoms with E-state index in [4.69, 9.17) is 19.2 Å². The number of hydrogen-bond acceptors (Lipinski definition) is 7. The highest BCUT2D eigenvalue weighted by atomic mass is 79.9. The number of aromatic nitrogens is 1. The van der Waals surface area contributed by atoms with Crippen molar-refractivity contribution >= 4 is 27.4 Å². The van der Waals surface area contributed by atoms with E-state index in [2.05, 4.69) is 33.9 Å². The number of nitrogens with zero attached hydrogens (tertiary/aromatic N) is 3. The number of aliphatic imine (C=N–C) groups is 1. The van der Waals surface area contributed by atoms with Crippen LogP contribution in [0.15, 0.2) is 81.5 Å². The van der Waals surface area contributed by atoms with Crippen LogP contribution >= 0.6 is 15.9 Å². The fraction of sp³-hybridized carbons (Fsp3) is 0.371. The van der Waals surface area contributed by atoms with Gasteiger partial charge >= 0.3 is 0 Å². The summed E-state index contributed by atoms with van der Waals surface area (Å²) in [5, 5.41) is 10.2. The second-order valence-corrected chi connectivity index (χ2v) is 11.8. The zero-order chi connectivity index (χ0) is 30.3. The predicted octanol–water partition coefficient (Wildman–Crippen LogP) is 8.13. The van der Waals surface area contributed by atoms with E-state index in [1.165, 1.54) is 0 Å². The maximum atomic E-state index is 13.5. The molecule has 0 fully saturated rings. The van der Waals surface area contributed by atoms with E-state index in [9.17, 15) is 10.1 Å². The number of Topliss-reactive ketones (excluding diaryl/α,β-unsaturated/α-hetero) is 1. The van der Waals surface area contributed by atoms with Crippen LogP contribution in [0.2, 0.25) is 0 Å². The average molecular weight is 643 g/mol. The van der Waals surface area contributed by atoms with Gasteiger partial charge in [-0.25, -0.2) is 0 Å². The van der Waals surface area contributed by atoms with E-state index in [0.717, 1.165) is 53.2 Å². The van der Waals surface area contributed by atoms with Gasteiger partial charge in [-0.1, -0.05) is 31.5 Å².